The fraction of sp³-hybridized carbons (Fsp3) is 0.500. The lowest BCUT2D eigenvalue weighted by Gasteiger charge is -2.21. The Balaban J connectivity index is 2.48. The Morgan fingerprint density at radius 2 is 1.57 bits per heavy atom. The van der Waals surface area contributed by atoms with Crippen LogP contribution >= 0.6 is 0 Å². The molecular formula is C20H29N3O5. The molecule has 8 nitrogen and oxygen atoms in total. The zero-order chi connectivity index (χ0) is 21.1. The van der Waals surface area contributed by atoms with Crippen LogP contribution in [0.3, 0.4) is 0 Å². The molecule has 1 rings (SSSR count). The first-order valence-corrected chi connectivity index (χ1v) is 9.33. The van der Waals surface area contributed by atoms with Gasteiger partial charge < -0.3 is 21.1 Å². The van der Waals surface area contributed by atoms with Crippen molar-refractivity contribution in [3.8, 4) is 0 Å². The van der Waals surface area contributed by atoms with Gasteiger partial charge in [0.1, 0.15) is 6.04 Å². The Morgan fingerprint density at radius 3 is 2.11 bits per heavy atom. The summed E-state index contributed by atoms with van der Waals surface area (Å²) in [4.78, 5) is 47.4. The molecule has 0 bridgehead atoms. The molecule has 0 heterocycles. The normalized spacial score (nSPS) is 13.7. The summed E-state index contributed by atoms with van der Waals surface area (Å²) in [6.45, 7) is 5.39. The van der Waals surface area contributed by atoms with Crippen molar-refractivity contribution in [3.63, 3.8) is 0 Å². The lowest BCUT2D eigenvalue weighted by Crippen LogP contribution is -2.49. The molecule has 0 aromatic heterocycles. The highest BCUT2D eigenvalue weighted by atomic mass is 16.5. The average Bonchev–Trinajstić information content (AvgIpc) is 2.64. The molecule has 0 saturated carbocycles. The monoisotopic (exact) mass is 391 g/mol. The fourth-order valence-electron chi connectivity index (χ4n) is 2.71. The van der Waals surface area contributed by atoms with Crippen LogP contribution in [0.15, 0.2) is 30.3 Å². The fourth-order valence-corrected chi connectivity index (χ4v) is 2.71. The molecule has 1 aromatic rings. The van der Waals surface area contributed by atoms with Gasteiger partial charge in [0.05, 0.1) is 19.1 Å². The van der Waals surface area contributed by atoms with Gasteiger partial charge in [0.25, 0.3) is 0 Å². The average molecular weight is 391 g/mol. The first-order chi connectivity index (χ1) is 13.2. The lowest BCUT2D eigenvalue weighted by atomic mass is 9.97. The smallest absolute Gasteiger partial charge is 0.306 e. The van der Waals surface area contributed by atoms with E-state index in [1.54, 1.807) is 13.8 Å². The van der Waals surface area contributed by atoms with Crippen LogP contribution in [0.25, 0.3) is 0 Å². The summed E-state index contributed by atoms with van der Waals surface area (Å²) in [6, 6.07) is 8.27. The van der Waals surface area contributed by atoms with Gasteiger partial charge in [-0.1, -0.05) is 37.3 Å². The highest BCUT2D eigenvalue weighted by molar-refractivity contribution is 5.89. The van der Waals surface area contributed by atoms with Gasteiger partial charge >= 0.3 is 5.97 Å². The van der Waals surface area contributed by atoms with Crippen LogP contribution in [0, 0.1) is 5.92 Å². The Hall–Kier alpha value is -2.90. The lowest BCUT2D eigenvalue weighted by molar-refractivity contribution is -0.144. The number of hydrogen-bond acceptors (Lipinski definition) is 5. The van der Waals surface area contributed by atoms with Crippen LogP contribution in [0.5, 0.6) is 0 Å². The summed E-state index contributed by atoms with van der Waals surface area (Å²) >= 11 is 0. The number of nitrogens with two attached hydrogens (primary N) is 1. The number of hydrogen-bond donors (Lipinski definition) is 3. The molecule has 0 fully saturated rings. The van der Waals surface area contributed by atoms with E-state index in [1.165, 1.54) is 0 Å². The quantitative estimate of drug-likeness (QED) is 0.489. The number of carbonyl (C=O) groups excluding carboxylic acids is 4. The second-order valence-electron chi connectivity index (χ2n) is 6.63. The molecule has 0 saturated heterocycles. The molecule has 0 aliphatic carbocycles. The maximum Gasteiger partial charge on any atom is 0.306 e. The minimum atomic E-state index is -1.01. The van der Waals surface area contributed by atoms with Crippen LogP contribution in [0.2, 0.25) is 0 Å². The maximum absolute atomic E-state index is 12.1. The van der Waals surface area contributed by atoms with Gasteiger partial charge in [-0.2, -0.15) is 0 Å². The second kappa shape index (κ2) is 11.7. The van der Waals surface area contributed by atoms with E-state index in [4.69, 9.17) is 10.5 Å². The van der Waals surface area contributed by atoms with Crippen LogP contribution in [-0.2, 0) is 23.9 Å². The molecule has 0 spiro atoms. The van der Waals surface area contributed by atoms with Crippen LogP contribution in [0.4, 0.5) is 0 Å². The van der Waals surface area contributed by atoms with Gasteiger partial charge in [0, 0.05) is 12.8 Å². The third-order valence-corrected chi connectivity index (χ3v) is 4.24. The Kier molecular flexibility index (Phi) is 9.70. The van der Waals surface area contributed by atoms with Crippen molar-refractivity contribution >= 4 is 23.7 Å². The molecule has 0 aliphatic rings. The van der Waals surface area contributed by atoms with E-state index in [1.807, 2.05) is 37.3 Å². The van der Waals surface area contributed by atoms with Crippen molar-refractivity contribution in [3.05, 3.63) is 35.9 Å². The number of carbonyl (C=O) groups is 4. The van der Waals surface area contributed by atoms with Crippen molar-refractivity contribution in [1.82, 2.24) is 10.6 Å². The van der Waals surface area contributed by atoms with E-state index in [9.17, 15) is 19.2 Å². The van der Waals surface area contributed by atoms with E-state index in [-0.39, 0.29) is 37.8 Å². The standard InChI is InChI=1S/C20H29N3O5/c1-4-28-18(26)12-13(2)19(20(21)27)23-17(25)11-10-16(24)22-14(3)15-8-6-5-7-9-15/h5-9,13-14,19H,4,10-12H2,1-3H3,(H2,21,27)(H,22,24)(H,23,25)/t13-,14-,19+/m1/s1. The zero-order valence-electron chi connectivity index (χ0n) is 16.6. The summed E-state index contributed by atoms with van der Waals surface area (Å²) in [5.41, 5.74) is 6.30. The zero-order valence-corrected chi connectivity index (χ0v) is 16.6. The summed E-state index contributed by atoms with van der Waals surface area (Å²) in [6.07, 6.45) is -0.166. The molecule has 3 atom stereocenters. The van der Waals surface area contributed by atoms with Gasteiger partial charge in [-0.3, -0.25) is 19.2 Å². The number of esters is 1. The van der Waals surface area contributed by atoms with Crippen molar-refractivity contribution in [2.24, 2.45) is 11.7 Å². The minimum absolute atomic E-state index is 0.0270. The van der Waals surface area contributed by atoms with Gasteiger partial charge in [-0.15, -0.1) is 0 Å². The first kappa shape index (κ1) is 23.1. The Bertz CT molecular complexity index is 678. The van der Waals surface area contributed by atoms with E-state index in [2.05, 4.69) is 10.6 Å². The molecule has 0 radical (unpaired) electrons. The van der Waals surface area contributed by atoms with Crippen molar-refractivity contribution in [2.75, 3.05) is 6.61 Å². The number of nitrogens with one attached hydrogen (secondary N) is 2. The van der Waals surface area contributed by atoms with Crippen molar-refractivity contribution in [1.29, 1.82) is 0 Å². The topological polar surface area (TPSA) is 128 Å². The predicted octanol–water partition coefficient (Wildman–Crippen LogP) is 1.20. The van der Waals surface area contributed by atoms with E-state index in [0.717, 1.165) is 5.56 Å². The van der Waals surface area contributed by atoms with Crippen LogP contribution in [0.1, 0.15) is 51.6 Å². The van der Waals surface area contributed by atoms with Crippen LogP contribution < -0.4 is 16.4 Å². The number of rotatable bonds is 11. The number of primary amides is 1. The Labute approximate surface area is 165 Å². The summed E-state index contributed by atoms with van der Waals surface area (Å²) in [7, 11) is 0. The molecule has 28 heavy (non-hydrogen) atoms. The molecule has 0 aliphatic heterocycles. The molecule has 4 N–H and O–H groups in total. The largest absolute Gasteiger partial charge is 0.466 e. The van der Waals surface area contributed by atoms with Gasteiger partial charge in [-0.25, -0.2) is 0 Å². The van der Waals surface area contributed by atoms with E-state index < -0.39 is 29.7 Å². The predicted molar refractivity (Wildman–Crippen MR) is 104 cm³/mol. The third-order valence-electron chi connectivity index (χ3n) is 4.24. The van der Waals surface area contributed by atoms with Gasteiger partial charge in [-0.05, 0) is 25.3 Å². The number of amides is 3. The summed E-state index contributed by atoms with van der Waals surface area (Å²) in [5, 5.41) is 5.32. The van der Waals surface area contributed by atoms with Gasteiger partial charge in [0.15, 0.2) is 0 Å². The third kappa shape index (κ3) is 8.20. The van der Waals surface area contributed by atoms with Crippen LogP contribution in [-0.4, -0.2) is 36.3 Å². The van der Waals surface area contributed by atoms with E-state index >= 15 is 0 Å². The molecule has 1 aromatic carbocycles. The maximum atomic E-state index is 12.1. The highest BCUT2D eigenvalue weighted by Crippen LogP contribution is 2.12. The minimum Gasteiger partial charge on any atom is -0.466 e. The van der Waals surface area contributed by atoms with Crippen molar-refractivity contribution < 1.29 is 23.9 Å². The molecule has 154 valence electrons. The SMILES string of the molecule is CCOC(=O)C[C@@H](C)[C@H](NC(=O)CCC(=O)N[C@H](C)c1ccccc1)C(N)=O. The molecule has 8 heteroatoms. The summed E-state index contributed by atoms with van der Waals surface area (Å²) in [5.74, 6) is -2.49. The first-order valence-electron chi connectivity index (χ1n) is 9.33. The van der Waals surface area contributed by atoms with Crippen molar-refractivity contribution in [2.45, 2.75) is 52.1 Å². The van der Waals surface area contributed by atoms with Gasteiger partial charge in [0.2, 0.25) is 17.7 Å². The Morgan fingerprint density at radius 1 is 1.00 bits per heavy atom. The second-order valence-corrected chi connectivity index (χ2v) is 6.63. The summed E-state index contributed by atoms with van der Waals surface area (Å²) < 4.78 is 4.84. The number of ether oxygens (including phenoxy) is 1. The highest BCUT2D eigenvalue weighted by Gasteiger charge is 2.27. The molecule has 3 amide bonds. The molecular weight excluding hydrogens is 362 g/mol. The number of benzene rings is 1. The van der Waals surface area contributed by atoms with E-state index in [0.29, 0.717) is 0 Å². The molecule has 0 unspecified atom stereocenters.